The number of ether oxygens (including phenoxy) is 3. The summed E-state index contributed by atoms with van der Waals surface area (Å²) in [6, 6.07) is 14.4. The fourth-order valence-corrected chi connectivity index (χ4v) is 2.48. The van der Waals surface area contributed by atoms with Crippen molar-refractivity contribution in [1.82, 2.24) is 0 Å². The smallest absolute Gasteiger partial charge is 0.231 e. The van der Waals surface area contributed by atoms with E-state index in [9.17, 15) is 0 Å². The van der Waals surface area contributed by atoms with Crippen molar-refractivity contribution in [2.45, 2.75) is 19.8 Å². The third kappa shape index (κ3) is 2.31. The van der Waals surface area contributed by atoms with E-state index in [1.54, 1.807) is 0 Å². The molecule has 20 heavy (non-hydrogen) atoms. The van der Waals surface area contributed by atoms with Gasteiger partial charge in [0.15, 0.2) is 11.5 Å². The molecule has 0 fully saturated rings. The van der Waals surface area contributed by atoms with Gasteiger partial charge in [-0.15, -0.1) is 0 Å². The Hall–Kier alpha value is -2.16. The number of hydrogen-bond donors (Lipinski definition) is 0. The highest BCUT2D eigenvalue weighted by Crippen LogP contribution is 2.42. The van der Waals surface area contributed by atoms with Gasteiger partial charge >= 0.3 is 0 Å². The van der Waals surface area contributed by atoms with Crippen LogP contribution in [0.25, 0.3) is 0 Å². The van der Waals surface area contributed by atoms with Gasteiger partial charge in [-0.3, -0.25) is 0 Å². The van der Waals surface area contributed by atoms with Crippen molar-refractivity contribution in [3.63, 3.8) is 0 Å². The Bertz CT molecular complexity index is 593. The monoisotopic (exact) mass is 270 g/mol. The first-order valence-corrected chi connectivity index (χ1v) is 6.91. The summed E-state index contributed by atoms with van der Waals surface area (Å²) in [6.07, 6.45) is 0. The second kappa shape index (κ2) is 5.45. The van der Waals surface area contributed by atoms with Crippen LogP contribution in [0.5, 0.6) is 17.2 Å². The first kappa shape index (κ1) is 12.9. The first-order valence-electron chi connectivity index (χ1n) is 6.91. The van der Waals surface area contributed by atoms with Crippen molar-refractivity contribution < 1.29 is 14.2 Å². The molecule has 3 rings (SSSR count). The summed E-state index contributed by atoms with van der Waals surface area (Å²) in [5, 5.41) is 0. The molecule has 0 saturated carbocycles. The summed E-state index contributed by atoms with van der Waals surface area (Å²) >= 11 is 0. The Kier molecular flexibility index (Phi) is 3.50. The minimum atomic E-state index is 0.243. The molecule has 1 atom stereocenters. The van der Waals surface area contributed by atoms with Gasteiger partial charge in [-0.25, -0.2) is 0 Å². The molecular weight excluding hydrogens is 252 g/mol. The lowest BCUT2D eigenvalue weighted by Crippen LogP contribution is -2.02. The zero-order chi connectivity index (χ0) is 13.9. The normalized spacial score (nSPS) is 14.1. The molecule has 0 bridgehead atoms. The molecule has 3 nitrogen and oxygen atoms in total. The van der Waals surface area contributed by atoms with E-state index < -0.39 is 0 Å². The standard InChI is InChI=1S/C17H18O3/c1-3-18-15-10-17-16(19-11-20-17)9-14(15)12(2)13-7-5-4-6-8-13/h4-10,12H,3,11H2,1-2H3/t12-/m1/s1. The summed E-state index contributed by atoms with van der Waals surface area (Å²) in [4.78, 5) is 0. The summed E-state index contributed by atoms with van der Waals surface area (Å²) in [5.74, 6) is 2.67. The molecule has 0 N–H and O–H groups in total. The summed E-state index contributed by atoms with van der Waals surface area (Å²) < 4.78 is 16.7. The minimum absolute atomic E-state index is 0.243. The number of benzene rings is 2. The zero-order valence-corrected chi connectivity index (χ0v) is 11.8. The molecule has 0 amide bonds. The van der Waals surface area contributed by atoms with E-state index in [0.29, 0.717) is 6.61 Å². The predicted molar refractivity (Wildman–Crippen MR) is 77.7 cm³/mol. The minimum Gasteiger partial charge on any atom is -0.493 e. The quantitative estimate of drug-likeness (QED) is 0.841. The van der Waals surface area contributed by atoms with E-state index >= 15 is 0 Å². The molecule has 0 saturated heterocycles. The second-order valence-electron chi connectivity index (χ2n) is 4.81. The van der Waals surface area contributed by atoms with E-state index in [2.05, 4.69) is 31.2 Å². The van der Waals surface area contributed by atoms with Crippen LogP contribution in [0.1, 0.15) is 30.9 Å². The van der Waals surface area contributed by atoms with Gasteiger partial charge in [0.1, 0.15) is 5.75 Å². The van der Waals surface area contributed by atoms with Gasteiger partial charge in [0.05, 0.1) is 6.61 Å². The average molecular weight is 270 g/mol. The van der Waals surface area contributed by atoms with Crippen LogP contribution in [-0.4, -0.2) is 13.4 Å². The fraction of sp³-hybridized carbons (Fsp3) is 0.294. The zero-order valence-electron chi connectivity index (χ0n) is 11.8. The van der Waals surface area contributed by atoms with Gasteiger partial charge in [0, 0.05) is 17.5 Å². The molecular formula is C17H18O3. The maximum Gasteiger partial charge on any atom is 0.231 e. The van der Waals surface area contributed by atoms with Gasteiger partial charge in [-0.1, -0.05) is 37.3 Å². The maximum absolute atomic E-state index is 5.77. The van der Waals surface area contributed by atoms with E-state index in [4.69, 9.17) is 14.2 Å². The Morgan fingerprint density at radius 2 is 1.80 bits per heavy atom. The summed E-state index contributed by atoms with van der Waals surface area (Å²) in [6.45, 7) is 5.08. The third-order valence-corrected chi connectivity index (χ3v) is 3.57. The maximum atomic E-state index is 5.77. The Labute approximate surface area is 119 Å². The van der Waals surface area contributed by atoms with Crippen LogP contribution < -0.4 is 14.2 Å². The van der Waals surface area contributed by atoms with E-state index in [0.717, 1.165) is 22.8 Å². The van der Waals surface area contributed by atoms with Gasteiger partial charge in [-0.05, 0) is 18.6 Å². The van der Waals surface area contributed by atoms with Crippen LogP contribution >= 0.6 is 0 Å². The van der Waals surface area contributed by atoms with Crippen LogP contribution in [0.15, 0.2) is 42.5 Å². The summed E-state index contributed by atoms with van der Waals surface area (Å²) in [5.41, 5.74) is 2.38. The lowest BCUT2D eigenvalue weighted by atomic mass is 9.92. The summed E-state index contributed by atoms with van der Waals surface area (Å²) in [7, 11) is 0. The molecule has 3 heteroatoms. The van der Waals surface area contributed by atoms with Gasteiger partial charge in [-0.2, -0.15) is 0 Å². The topological polar surface area (TPSA) is 27.7 Å². The molecule has 0 radical (unpaired) electrons. The highest BCUT2D eigenvalue weighted by molar-refractivity contribution is 5.54. The van der Waals surface area contributed by atoms with Crippen molar-refractivity contribution in [3.05, 3.63) is 53.6 Å². The van der Waals surface area contributed by atoms with Gasteiger partial charge in [0.25, 0.3) is 0 Å². The number of rotatable bonds is 4. The Balaban J connectivity index is 2.03. The lowest BCUT2D eigenvalue weighted by Gasteiger charge is -2.17. The fourth-order valence-electron chi connectivity index (χ4n) is 2.48. The van der Waals surface area contributed by atoms with Crippen LogP contribution in [0.4, 0.5) is 0 Å². The molecule has 2 aromatic carbocycles. The largest absolute Gasteiger partial charge is 0.493 e. The van der Waals surface area contributed by atoms with Crippen molar-refractivity contribution in [3.8, 4) is 17.2 Å². The molecule has 0 unspecified atom stereocenters. The van der Waals surface area contributed by atoms with Crippen LogP contribution in [0.3, 0.4) is 0 Å². The third-order valence-electron chi connectivity index (χ3n) is 3.57. The SMILES string of the molecule is CCOc1cc2c(cc1[C@H](C)c1ccccc1)OCO2. The molecule has 0 aromatic heterocycles. The highest BCUT2D eigenvalue weighted by Gasteiger charge is 2.21. The van der Waals surface area contributed by atoms with Gasteiger partial charge in [0.2, 0.25) is 6.79 Å². The number of fused-ring (bicyclic) bond motifs is 1. The van der Waals surface area contributed by atoms with Crippen LogP contribution in [-0.2, 0) is 0 Å². The van der Waals surface area contributed by atoms with Crippen LogP contribution in [0, 0.1) is 0 Å². The Morgan fingerprint density at radius 3 is 2.50 bits per heavy atom. The van der Waals surface area contributed by atoms with Crippen molar-refractivity contribution in [2.75, 3.05) is 13.4 Å². The van der Waals surface area contributed by atoms with Gasteiger partial charge < -0.3 is 14.2 Å². The van der Waals surface area contributed by atoms with E-state index in [1.165, 1.54) is 5.56 Å². The molecule has 104 valence electrons. The molecule has 2 aromatic rings. The molecule has 1 aliphatic rings. The van der Waals surface area contributed by atoms with E-state index in [1.807, 2.05) is 25.1 Å². The molecule has 0 aliphatic carbocycles. The molecule has 1 heterocycles. The van der Waals surface area contributed by atoms with Crippen LogP contribution in [0.2, 0.25) is 0 Å². The molecule has 1 aliphatic heterocycles. The van der Waals surface area contributed by atoms with Crippen molar-refractivity contribution >= 4 is 0 Å². The average Bonchev–Trinajstić information content (AvgIpc) is 2.94. The first-order chi connectivity index (χ1) is 9.79. The highest BCUT2D eigenvalue weighted by atomic mass is 16.7. The van der Waals surface area contributed by atoms with E-state index in [-0.39, 0.29) is 12.7 Å². The Morgan fingerprint density at radius 1 is 1.10 bits per heavy atom. The number of hydrogen-bond acceptors (Lipinski definition) is 3. The predicted octanol–water partition coefficient (Wildman–Crippen LogP) is 3.97. The second-order valence-corrected chi connectivity index (χ2v) is 4.81. The molecule has 0 spiro atoms. The van der Waals surface area contributed by atoms with Crippen molar-refractivity contribution in [1.29, 1.82) is 0 Å². The van der Waals surface area contributed by atoms with Crippen molar-refractivity contribution in [2.24, 2.45) is 0 Å². The lowest BCUT2D eigenvalue weighted by molar-refractivity contribution is 0.173.